The van der Waals surface area contributed by atoms with E-state index in [0.717, 1.165) is 94.2 Å². The highest BCUT2D eigenvalue weighted by molar-refractivity contribution is 6.31. The van der Waals surface area contributed by atoms with Gasteiger partial charge in [0.15, 0.2) is 0 Å². The molecular formula is C46H52ClN7O6. The van der Waals surface area contributed by atoms with Crippen molar-refractivity contribution in [1.29, 1.82) is 5.26 Å². The maximum absolute atomic E-state index is 13.9. The number of hydrogen-bond donors (Lipinski definition) is 1. The van der Waals surface area contributed by atoms with Crippen molar-refractivity contribution in [1.82, 2.24) is 20.0 Å². The van der Waals surface area contributed by atoms with Crippen LogP contribution in [0.3, 0.4) is 0 Å². The van der Waals surface area contributed by atoms with Gasteiger partial charge in [-0.1, -0.05) is 11.6 Å². The van der Waals surface area contributed by atoms with Crippen molar-refractivity contribution in [3.05, 3.63) is 87.9 Å². The molecule has 60 heavy (non-hydrogen) atoms. The Kier molecular flexibility index (Phi) is 12.1. The number of ether oxygens (including phenoxy) is 1. The van der Waals surface area contributed by atoms with E-state index in [1.165, 1.54) is 0 Å². The molecule has 5 heterocycles. The smallest absolute Gasteiger partial charge is 0.262 e. The van der Waals surface area contributed by atoms with Gasteiger partial charge < -0.3 is 19.4 Å². The number of fused-ring (bicyclic) bond motifs is 1. The molecule has 1 N–H and O–H groups in total. The Bertz CT molecular complexity index is 2190. The zero-order valence-electron chi connectivity index (χ0n) is 34.3. The molecule has 3 aromatic carbocycles. The van der Waals surface area contributed by atoms with Crippen molar-refractivity contribution < 1.29 is 28.7 Å². The van der Waals surface area contributed by atoms with Gasteiger partial charge in [-0.15, -0.1) is 0 Å². The van der Waals surface area contributed by atoms with Crippen molar-refractivity contribution in [2.45, 2.75) is 89.4 Å². The molecule has 4 unspecified atom stereocenters. The molecule has 5 aliphatic heterocycles. The van der Waals surface area contributed by atoms with Crippen molar-refractivity contribution in [2.75, 3.05) is 55.6 Å². The number of nitrogens with zero attached hydrogens (tertiary/aromatic N) is 6. The minimum atomic E-state index is -0.966. The number of carbonyl (C=O) groups excluding carboxylic acids is 5. The largest absolute Gasteiger partial charge is 0.491 e. The third kappa shape index (κ3) is 8.58. The van der Waals surface area contributed by atoms with Gasteiger partial charge >= 0.3 is 0 Å². The SMILES string of the molecule is CC(CC1CCC(C)N1C(=O)c1ccc(N2CCN(CCC3CCN(c4ccc5c(c4)C(=O)N(C4CCC(=O)NC4=O)C5=O)CC3)CC2)cc1)Oc1ccc(C#N)c(Cl)c1. The topological polar surface area (TPSA) is 147 Å². The Morgan fingerprint density at radius 1 is 0.850 bits per heavy atom. The van der Waals surface area contributed by atoms with Crippen LogP contribution >= 0.6 is 11.6 Å². The van der Waals surface area contributed by atoms with E-state index in [4.69, 9.17) is 16.3 Å². The highest BCUT2D eigenvalue weighted by Crippen LogP contribution is 2.34. The molecule has 4 atom stereocenters. The van der Waals surface area contributed by atoms with E-state index in [9.17, 15) is 29.2 Å². The summed E-state index contributed by atoms with van der Waals surface area (Å²) in [5.74, 6) is -0.668. The highest BCUT2D eigenvalue weighted by Gasteiger charge is 2.45. The second kappa shape index (κ2) is 17.6. The number of amides is 5. The summed E-state index contributed by atoms with van der Waals surface area (Å²) in [5.41, 5.74) is 3.78. The summed E-state index contributed by atoms with van der Waals surface area (Å²) in [6.45, 7) is 10.8. The molecule has 4 saturated heterocycles. The van der Waals surface area contributed by atoms with Gasteiger partial charge in [0.1, 0.15) is 17.9 Å². The first kappa shape index (κ1) is 41.3. The lowest BCUT2D eigenvalue weighted by atomic mass is 9.92. The zero-order chi connectivity index (χ0) is 42.1. The van der Waals surface area contributed by atoms with Crippen LogP contribution in [0, 0.1) is 17.2 Å². The van der Waals surface area contributed by atoms with Crippen LogP contribution in [0.5, 0.6) is 5.75 Å². The molecule has 5 amide bonds. The molecule has 8 rings (SSSR count). The first-order chi connectivity index (χ1) is 29.0. The number of rotatable bonds is 11. The number of hydrogen-bond acceptors (Lipinski definition) is 10. The normalized spacial score (nSPS) is 23.1. The maximum atomic E-state index is 13.9. The number of nitriles is 1. The molecular weight excluding hydrogens is 782 g/mol. The quantitative estimate of drug-likeness (QED) is 0.232. The molecule has 3 aromatic rings. The lowest BCUT2D eigenvalue weighted by Gasteiger charge is -2.38. The van der Waals surface area contributed by atoms with Crippen molar-refractivity contribution >= 4 is 52.5 Å². The van der Waals surface area contributed by atoms with Gasteiger partial charge in [-0.05, 0) is 119 Å². The summed E-state index contributed by atoms with van der Waals surface area (Å²) in [5, 5.41) is 11.8. The van der Waals surface area contributed by atoms with Crippen LogP contribution in [0.4, 0.5) is 11.4 Å². The monoisotopic (exact) mass is 833 g/mol. The molecule has 0 bridgehead atoms. The standard InChI is InChI=1S/C46H52ClN7O6/c1-29-3-7-36(25-30(2)60-37-11-6-33(28-48)40(47)27-37)53(29)44(57)32-4-8-34(9-5-32)52-23-21-50(22-24-52)18-15-31-16-19-51(20-17-31)35-10-12-38-39(26-35)46(59)54(45(38)58)41-13-14-42(55)49-43(41)56/h4-6,8-12,26-27,29-31,36,41H,3,7,13-25H2,1-2H3,(H,49,55,56). The molecule has 13 nitrogen and oxygen atoms in total. The first-order valence-electron chi connectivity index (χ1n) is 21.3. The third-order valence-corrected chi connectivity index (χ3v) is 13.4. The van der Waals surface area contributed by atoms with Gasteiger partial charge in [0.25, 0.3) is 17.7 Å². The number of piperidine rings is 2. The molecule has 0 aromatic heterocycles. The number of halogens is 1. The lowest BCUT2D eigenvalue weighted by molar-refractivity contribution is -0.136. The number of imide groups is 2. The van der Waals surface area contributed by atoms with Gasteiger partial charge in [-0.2, -0.15) is 5.26 Å². The van der Waals surface area contributed by atoms with Crippen molar-refractivity contribution in [2.24, 2.45) is 5.92 Å². The van der Waals surface area contributed by atoms with Crippen LogP contribution in [-0.4, -0.2) is 114 Å². The van der Waals surface area contributed by atoms with Gasteiger partial charge in [0.05, 0.1) is 27.8 Å². The van der Waals surface area contributed by atoms with E-state index < -0.39 is 23.8 Å². The average molecular weight is 834 g/mol. The third-order valence-electron chi connectivity index (χ3n) is 13.1. The number of benzene rings is 3. The summed E-state index contributed by atoms with van der Waals surface area (Å²) in [4.78, 5) is 74.7. The fraction of sp³-hybridized carbons (Fsp3) is 0.478. The molecule has 0 saturated carbocycles. The highest BCUT2D eigenvalue weighted by atomic mass is 35.5. The molecule has 0 aliphatic carbocycles. The minimum Gasteiger partial charge on any atom is -0.491 e. The van der Waals surface area contributed by atoms with Crippen LogP contribution in [0.2, 0.25) is 5.02 Å². The first-order valence-corrected chi connectivity index (χ1v) is 21.7. The molecule has 314 valence electrons. The van der Waals surface area contributed by atoms with Crippen LogP contribution in [-0.2, 0) is 9.59 Å². The van der Waals surface area contributed by atoms with Crippen LogP contribution in [0.25, 0.3) is 0 Å². The Morgan fingerprint density at radius 2 is 1.55 bits per heavy atom. The van der Waals surface area contributed by atoms with E-state index in [2.05, 4.69) is 45.1 Å². The van der Waals surface area contributed by atoms with Gasteiger partial charge in [-0.25, -0.2) is 0 Å². The molecule has 0 radical (unpaired) electrons. The number of carbonyl (C=O) groups is 5. The lowest BCUT2D eigenvalue weighted by Crippen LogP contribution is -2.54. The second-order valence-electron chi connectivity index (χ2n) is 17.0. The number of anilines is 2. The zero-order valence-corrected chi connectivity index (χ0v) is 35.0. The fourth-order valence-electron chi connectivity index (χ4n) is 9.69. The fourth-order valence-corrected chi connectivity index (χ4v) is 9.90. The van der Waals surface area contributed by atoms with Gasteiger partial charge in [-0.3, -0.25) is 39.1 Å². The molecule has 5 aliphatic rings. The number of likely N-dealkylation sites (tertiary alicyclic amines) is 1. The van der Waals surface area contributed by atoms with Crippen molar-refractivity contribution in [3.8, 4) is 11.8 Å². The summed E-state index contributed by atoms with van der Waals surface area (Å²) in [6, 6.07) is 19.9. The van der Waals surface area contributed by atoms with Gasteiger partial charge in [0.2, 0.25) is 11.8 Å². The Labute approximate surface area is 356 Å². The predicted octanol–water partition coefficient (Wildman–Crippen LogP) is 5.89. The summed E-state index contributed by atoms with van der Waals surface area (Å²) >= 11 is 6.21. The average Bonchev–Trinajstić information content (AvgIpc) is 3.73. The Balaban J connectivity index is 0.772. The number of piperazine rings is 1. The van der Waals surface area contributed by atoms with E-state index in [1.54, 1.807) is 30.3 Å². The maximum Gasteiger partial charge on any atom is 0.262 e. The second-order valence-corrected chi connectivity index (χ2v) is 17.4. The predicted molar refractivity (Wildman–Crippen MR) is 227 cm³/mol. The van der Waals surface area contributed by atoms with E-state index >= 15 is 0 Å². The van der Waals surface area contributed by atoms with E-state index in [1.807, 2.05) is 30.0 Å². The Morgan fingerprint density at radius 3 is 2.25 bits per heavy atom. The number of nitrogens with one attached hydrogen (secondary N) is 1. The minimum absolute atomic E-state index is 0.0538. The summed E-state index contributed by atoms with van der Waals surface area (Å²) < 4.78 is 6.14. The van der Waals surface area contributed by atoms with E-state index in [0.29, 0.717) is 45.4 Å². The van der Waals surface area contributed by atoms with Crippen LogP contribution in [0.1, 0.15) is 102 Å². The molecule has 0 spiro atoms. The summed E-state index contributed by atoms with van der Waals surface area (Å²) in [7, 11) is 0. The molecule has 14 heteroatoms. The van der Waals surface area contributed by atoms with E-state index in [-0.39, 0.29) is 42.8 Å². The van der Waals surface area contributed by atoms with Gasteiger partial charge in [0, 0.05) is 87.2 Å². The van der Waals surface area contributed by atoms with Crippen LogP contribution in [0.15, 0.2) is 60.7 Å². The summed E-state index contributed by atoms with van der Waals surface area (Å²) in [6.07, 6.45) is 5.91. The Hall–Kier alpha value is -5.45. The van der Waals surface area contributed by atoms with Crippen molar-refractivity contribution in [3.63, 3.8) is 0 Å². The van der Waals surface area contributed by atoms with Crippen LogP contribution < -0.4 is 19.9 Å². The molecule has 4 fully saturated rings.